The second kappa shape index (κ2) is 5.83. The van der Waals surface area contributed by atoms with Gasteiger partial charge in [0.1, 0.15) is 12.1 Å². The zero-order chi connectivity index (χ0) is 14.7. The summed E-state index contributed by atoms with van der Waals surface area (Å²) in [7, 11) is 0. The smallest absolute Gasteiger partial charge is 0.335 e. The van der Waals surface area contributed by atoms with E-state index in [-0.39, 0.29) is 24.1 Å². The number of fused-ring (bicyclic) bond motifs is 1. The summed E-state index contributed by atoms with van der Waals surface area (Å²) in [5.41, 5.74) is 0.769. The lowest BCUT2D eigenvalue weighted by Crippen LogP contribution is -2.26. The van der Waals surface area contributed by atoms with Crippen LogP contribution in [-0.2, 0) is 0 Å². The van der Waals surface area contributed by atoms with E-state index >= 15 is 0 Å². The molecule has 1 aromatic carbocycles. The zero-order valence-electron chi connectivity index (χ0n) is 11.4. The number of aliphatic hydroxyl groups excluding tert-OH is 1. The molecule has 2 rings (SSSR count). The molecule has 0 saturated heterocycles. The normalized spacial score (nSPS) is 13.9. The Bertz CT molecular complexity index is 630. The fourth-order valence-corrected chi connectivity index (χ4v) is 1.82. The van der Waals surface area contributed by atoms with E-state index in [9.17, 15) is 4.79 Å². The maximum atomic E-state index is 10.9. The number of benzene rings is 1. The van der Waals surface area contributed by atoms with Crippen molar-refractivity contribution >= 4 is 22.7 Å². The summed E-state index contributed by atoms with van der Waals surface area (Å²) in [6.45, 7) is 3.98. The van der Waals surface area contributed by atoms with E-state index in [1.54, 1.807) is 6.07 Å². The Balaban J connectivity index is 2.37. The number of carboxylic acid groups (broad SMARTS) is 1. The SMILES string of the molecule is CC(CO)C(C)Nc1ncnc2cc(C(=O)O)ccc12. The van der Waals surface area contributed by atoms with Gasteiger partial charge in [0.25, 0.3) is 0 Å². The Morgan fingerprint density at radius 3 is 2.75 bits per heavy atom. The molecule has 2 atom stereocenters. The molecule has 2 unspecified atom stereocenters. The molecule has 0 aliphatic heterocycles. The fourth-order valence-electron chi connectivity index (χ4n) is 1.82. The van der Waals surface area contributed by atoms with Crippen LogP contribution in [0.2, 0.25) is 0 Å². The molecular formula is C14H17N3O3. The largest absolute Gasteiger partial charge is 0.478 e. The van der Waals surface area contributed by atoms with Gasteiger partial charge >= 0.3 is 5.97 Å². The van der Waals surface area contributed by atoms with Crippen molar-refractivity contribution < 1.29 is 15.0 Å². The lowest BCUT2D eigenvalue weighted by atomic mass is 10.0. The van der Waals surface area contributed by atoms with Crippen molar-refractivity contribution in [2.45, 2.75) is 19.9 Å². The highest BCUT2D eigenvalue weighted by molar-refractivity contribution is 5.96. The van der Waals surface area contributed by atoms with Gasteiger partial charge in [0.05, 0.1) is 11.1 Å². The second-order valence-electron chi connectivity index (χ2n) is 4.85. The number of carbonyl (C=O) groups is 1. The number of aliphatic hydroxyl groups is 1. The number of aromatic nitrogens is 2. The monoisotopic (exact) mass is 275 g/mol. The minimum absolute atomic E-state index is 0.0391. The molecule has 0 spiro atoms. The van der Waals surface area contributed by atoms with E-state index in [0.29, 0.717) is 11.3 Å². The number of hydrogen-bond acceptors (Lipinski definition) is 5. The number of nitrogens with zero attached hydrogens (tertiary/aromatic N) is 2. The van der Waals surface area contributed by atoms with Gasteiger partial charge in [-0.1, -0.05) is 6.92 Å². The van der Waals surface area contributed by atoms with Crippen LogP contribution >= 0.6 is 0 Å². The van der Waals surface area contributed by atoms with E-state index in [2.05, 4.69) is 15.3 Å². The first-order chi connectivity index (χ1) is 9.52. The third-order valence-electron chi connectivity index (χ3n) is 3.39. The summed E-state index contributed by atoms with van der Waals surface area (Å²) in [5.74, 6) is -0.264. The fraction of sp³-hybridized carbons (Fsp3) is 0.357. The van der Waals surface area contributed by atoms with Gasteiger partial charge in [0.15, 0.2) is 0 Å². The summed E-state index contributed by atoms with van der Waals surface area (Å²) in [5, 5.41) is 22.1. The maximum absolute atomic E-state index is 10.9. The Morgan fingerprint density at radius 2 is 2.10 bits per heavy atom. The molecule has 6 nitrogen and oxygen atoms in total. The third kappa shape index (κ3) is 2.85. The summed E-state index contributed by atoms with van der Waals surface area (Å²) in [6, 6.07) is 4.78. The number of carboxylic acids is 1. The minimum atomic E-state index is -0.984. The molecule has 0 aliphatic carbocycles. The van der Waals surface area contributed by atoms with Gasteiger partial charge < -0.3 is 15.5 Å². The Kier molecular flexibility index (Phi) is 4.14. The summed E-state index contributed by atoms with van der Waals surface area (Å²) < 4.78 is 0. The Morgan fingerprint density at radius 1 is 1.35 bits per heavy atom. The van der Waals surface area contributed by atoms with Gasteiger partial charge in [0.2, 0.25) is 0 Å². The zero-order valence-corrected chi connectivity index (χ0v) is 11.4. The van der Waals surface area contributed by atoms with Gasteiger partial charge in [-0.05, 0) is 31.0 Å². The highest BCUT2D eigenvalue weighted by Gasteiger charge is 2.14. The van der Waals surface area contributed by atoms with Gasteiger partial charge in [-0.15, -0.1) is 0 Å². The molecule has 1 heterocycles. The van der Waals surface area contributed by atoms with Crippen LogP contribution in [0.3, 0.4) is 0 Å². The topological polar surface area (TPSA) is 95.3 Å². The van der Waals surface area contributed by atoms with Crippen LogP contribution < -0.4 is 5.32 Å². The lowest BCUT2D eigenvalue weighted by Gasteiger charge is -2.20. The van der Waals surface area contributed by atoms with E-state index in [4.69, 9.17) is 10.2 Å². The number of nitrogens with one attached hydrogen (secondary N) is 1. The summed E-state index contributed by atoms with van der Waals surface area (Å²) >= 11 is 0. The van der Waals surface area contributed by atoms with Crippen molar-refractivity contribution in [1.29, 1.82) is 0 Å². The van der Waals surface area contributed by atoms with E-state index in [0.717, 1.165) is 5.39 Å². The molecule has 6 heteroatoms. The maximum Gasteiger partial charge on any atom is 0.335 e. The van der Waals surface area contributed by atoms with Crippen molar-refractivity contribution in [1.82, 2.24) is 9.97 Å². The van der Waals surface area contributed by atoms with Gasteiger partial charge in [-0.2, -0.15) is 0 Å². The lowest BCUT2D eigenvalue weighted by molar-refractivity contribution is 0.0697. The Hall–Kier alpha value is -2.21. The molecule has 0 amide bonds. The average molecular weight is 275 g/mol. The Labute approximate surface area is 116 Å². The standard InChI is InChI=1S/C14H17N3O3/c1-8(6-18)9(2)17-13-11-4-3-10(14(19)20)5-12(11)15-7-16-13/h3-5,7-9,18H,6H2,1-2H3,(H,19,20)(H,15,16,17). The molecular weight excluding hydrogens is 258 g/mol. The van der Waals surface area contributed by atoms with Crippen molar-refractivity contribution in [2.75, 3.05) is 11.9 Å². The third-order valence-corrected chi connectivity index (χ3v) is 3.39. The summed E-state index contributed by atoms with van der Waals surface area (Å²) in [6.07, 6.45) is 1.40. The van der Waals surface area contributed by atoms with Crippen molar-refractivity contribution in [2.24, 2.45) is 5.92 Å². The van der Waals surface area contributed by atoms with Crippen LogP contribution in [0.25, 0.3) is 10.9 Å². The molecule has 20 heavy (non-hydrogen) atoms. The van der Waals surface area contributed by atoms with Crippen LogP contribution in [0.4, 0.5) is 5.82 Å². The molecule has 0 saturated carbocycles. The van der Waals surface area contributed by atoms with Crippen molar-refractivity contribution in [3.05, 3.63) is 30.1 Å². The molecule has 0 aliphatic rings. The molecule has 106 valence electrons. The predicted octanol–water partition coefficient (Wildman–Crippen LogP) is 1.76. The van der Waals surface area contributed by atoms with Crippen LogP contribution in [0.5, 0.6) is 0 Å². The minimum Gasteiger partial charge on any atom is -0.478 e. The van der Waals surface area contributed by atoms with Crippen molar-refractivity contribution in [3.8, 4) is 0 Å². The molecule has 3 N–H and O–H groups in total. The first-order valence-electron chi connectivity index (χ1n) is 6.38. The highest BCUT2D eigenvalue weighted by atomic mass is 16.4. The number of rotatable bonds is 5. The van der Waals surface area contributed by atoms with Gasteiger partial charge in [0, 0.05) is 18.0 Å². The van der Waals surface area contributed by atoms with Crippen LogP contribution in [0, 0.1) is 5.92 Å². The van der Waals surface area contributed by atoms with Crippen molar-refractivity contribution in [3.63, 3.8) is 0 Å². The van der Waals surface area contributed by atoms with E-state index < -0.39 is 5.97 Å². The molecule has 2 aromatic rings. The second-order valence-corrected chi connectivity index (χ2v) is 4.85. The number of hydrogen-bond donors (Lipinski definition) is 3. The highest BCUT2D eigenvalue weighted by Crippen LogP contribution is 2.22. The average Bonchev–Trinajstić information content (AvgIpc) is 2.45. The molecule has 0 bridgehead atoms. The molecule has 1 aromatic heterocycles. The first kappa shape index (κ1) is 14.2. The summed E-state index contributed by atoms with van der Waals surface area (Å²) in [4.78, 5) is 19.2. The van der Waals surface area contributed by atoms with E-state index in [1.165, 1.54) is 18.5 Å². The number of anilines is 1. The van der Waals surface area contributed by atoms with Crippen LogP contribution in [0.15, 0.2) is 24.5 Å². The van der Waals surface area contributed by atoms with Crippen LogP contribution in [-0.4, -0.2) is 38.8 Å². The van der Waals surface area contributed by atoms with E-state index in [1.807, 2.05) is 13.8 Å². The molecule has 0 radical (unpaired) electrons. The quantitative estimate of drug-likeness (QED) is 0.769. The van der Waals surface area contributed by atoms with Gasteiger partial charge in [-0.3, -0.25) is 0 Å². The van der Waals surface area contributed by atoms with Gasteiger partial charge in [-0.25, -0.2) is 14.8 Å². The molecule has 0 fully saturated rings. The number of aromatic carboxylic acids is 1. The van der Waals surface area contributed by atoms with Crippen LogP contribution in [0.1, 0.15) is 24.2 Å². The predicted molar refractivity (Wildman–Crippen MR) is 75.8 cm³/mol. The first-order valence-corrected chi connectivity index (χ1v) is 6.38.